The molecule has 1 aliphatic heterocycles. The van der Waals surface area contributed by atoms with Crippen LogP contribution in [0.1, 0.15) is 43.9 Å². The molecular weight excluding hydrogens is 328 g/mol. The lowest BCUT2D eigenvalue weighted by molar-refractivity contribution is -0.129. The summed E-state index contributed by atoms with van der Waals surface area (Å²) < 4.78 is 0. The third kappa shape index (κ3) is 4.33. The average Bonchev–Trinajstić information content (AvgIpc) is 2.79. The quantitative estimate of drug-likeness (QED) is 0.775. The standard InChI is InChI=1S/C21H30N2O3/c1-14(2)13-17(24)18-19(16-10-7-6-9-15(16)3)23(21(26)20(18)25)12-8-11-22(4)5/h6-7,9-10,14,19,25H,8,11-13H2,1-5H3. The number of nitrogens with zero attached hydrogens (tertiary/aromatic N) is 2. The van der Waals surface area contributed by atoms with Gasteiger partial charge in [0, 0.05) is 13.0 Å². The van der Waals surface area contributed by atoms with E-state index in [1.54, 1.807) is 4.90 Å². The predicted octanol–water partition coefficient (Wildman–Crippen LogP) is 3.26. The zero-order chi connectivity index (χ0) is 19.4. The van der Waals surface area contributed by atoms with Crippen LogP contribution in [0.15, 0.2) is 35.6 Å². The Morgan fingerprint density at radius 3 is 2.50 bits per heavy atom. The Morgan fingerprint density at radius 1 is 1.27 bits per heavy atom. The van der Waals surface area contributed by atoms with E-state index in [1.807, 2.05) is 59.1 Å². The van der Waals surface area contributed by atoms with Crippen LogP contribution in [0.2, 0.25) is 0 Å². The van der Waals surface area contributed by atoms with Crippen molar-refractivity contribution in [3.8, 4) is 0 Å². The van der Waals surface area contributed by atoms with Crippen molar-refractivity contribution < 1.29 is 14.7 Å². The molecule has 0 aliphatic carbocycles. The van der Waals surface area contributed by atoms with E-state index in [1.165, 1.54) is 0 Å². The number of benzene rings is 1. The molecule has 0 radical (unpaired) electrons. The molecule has 142 valence electrons. The van der Waals surface area contributed by atoms with E-state index < -0.39 is 11.9 Å². The number of aliphatic hydroxyl groups is 1. The van der Waals surface area contributed by atoms with E-state index in [0.29, 0.717) is 13.0 Å². The minimum Gasteiger partial charge on any atom is -0.503 e. The number of amides is 1. The number of carbonyl (C=O) groups excluding carboxylic acids is 2. The number of aryl methyl sites for hydroxylation is 1. The molecule has 0 bridgehead atoms. The lowest BCUT2D eigenvalue weighted by Crippen LogP contribution is -2.34. The Bertz CT molecular complexity index is 707. The highest BCUT2D eigenvalue weighted by Gasteiger charge is 2.43. The third-order valence-corrected chi connectivity index (χ3v) is 4.69. The van der Waals surface area contributed by atoms with Crippen molar-refractivity contribution in [2.75, 3.05) is 27.2 Å². The molecule has 1 N–H and O–H groups in total. The number of ketones is 1. The molecule has 0 spiro atoms. The van der Waals surface area contributed by atoms with Crippen LogP contribution in [0, 0.1) is 12.8 Å². The average molecular weight is 358 g/mol. The second kappa shape index (κ2) is 8.49. The first kappa shape index (κ1) is 20.2. The van der Waals surface area contributed by atoms with Gasteiger partial charge in [0.2, 0.25) is 0 Å². The SMILES string of the molecule is Cc1ccccc1C1C(C(=O)CC(C)C)=C(O)C(=O)N1CCCN(C)C. The summed E-state index contributed by atoms with van der Waals surface area (Å²) in [6.07, 6.45) is 1.10. The zero-order valence-electron chi connectivity index (χ0n) is 16.5. The molecule has 1 unspecified atom stereocenters. The summed E-state index contributed by atoms with van der Waals surface area (Å²) in [5.41, 5.74) is 2.16. The number of rotatable bonds is 8. The fourth-order valence-electron chi connectivity index (χ4n) is 3.42. The molecule has 5 nitrogen and oxygen atoms in total. The highest BCUT2D eigenvalue weighted by Crippen LogP contribution is 2.39. The van der Waals surface area contributed by atoms with Crippen LogP contribution in [-0.2, 0) is 9.59 Å². The third-order valence-electron chi connectivity index (χ3n) is 4.69. The number of Topliss-reactive ketones (excluding diaryl/α,β-unsaturated/α-hetero) is 1. The van der Waals surface area contributed by atoms with Gasteiger partial charge in [0.15, 0.2) is 11.5 Å². The normalized spacial score (nSPS) is 17.7. The largest absolute Gasteiger partial charge is 0.503 e. The Hall–Kier alpha value is -2.14. The monoisotopic (exact) mass is 358 g/mol. The molecule has 1 atom stereocenters. The fraction of sp³-hybridized carbons (Fsp3) is 0.524. The van der Waals surface area contributed by atoms with E-state index in [4.69, 9.17) is 0 Å². The minimum atomic E-state index is -0.503. The number of carbonyl (C=O) groups is 2. The second-order valence-electron chi connectivity index (χ2n) is 7.70. The summed E-state index contributed by atoms with van der Waals surface area (Å²) in [6, 6.07) is 7.25. The second-order valence-corrected chi connectivity index (χ2v) is 7.70. The maximum atomic E-state index is 12.8. The molecule has 0 aromatic heterocycles. The minimum absolute atomic E-state index is 0.144. The van der Waals surface area contributed by atoms with Gasteiger partial charge in [-0.25, -0.2) is 0 Å². The lowest BCUT2D eigenvalue weighted by atomic mass is 9.90. The van der Waals surface area contributed by atoms with Gasteiger partial charge in [-0.1, -0.05) is 38.1 Å². The topological polar surface area (TPSA) is 60.9 Å². The number of hydrogen-bond acceptors (Lipinski definition) is 4. The van der Waals surface area contributed by atoms with Crippen molar-refractivity contribution in [3.63, 3.8) is 0 Å². The van der Waals surface area contributed by atoms with Crippen molar-refractivity contribution in [3.05, 3.63) is 46.7 Å². The van der Waals surface area contributed by atoms with Crippen LogP contribution in [0.25, 0.3) is 0 Å². The summed E-state index contributed by atoms with van der Waals surface area (Å²) >= 11 is 0. The lowest BCUT2D eigenvalue weighted by Gasteiger charge is -2.28. The van der Waals surface area contributed by atoms with E-state index in [0.717, 1.165) is 24.1 Å². The highest BCUT2D eigenvalue weighted by atomic mass is 16.3. The Labute approximate surface area is 156 Å². The van der Waals surface area contributed by atoms with Gasteiger partial charge in [-0.3, -0.25) is 9.59 Å². The Morgan fingerprint density at radius 2 is 1.92 bits per heavy atom. The number of hydrogen-bond donors (Lipinski definition) is 1. The molecule has 1 aromatic rings. The van der Waals surface area contributed by atoms with Crippen LogP contribution in [0.4, 0.5) is 0 Å². The summed E-state index contributed by atoms with van der Waals surface area (Å²) in [7, 11) is 3.97. The summed E-state index contributed by atoms with van der Waals surface area (Å²) in [4.78, 5) is 29.3. The number of aliphatic hydroxyl groups excluding tert-OH is 1. The van der Waals surface area contributed by atoms with Gasteiger partial charge in [-0.15, -0.1) is 0 Å². The van der Waals surface area contributed by atoms with Crippen molar-refractivity contribution in [1.82, 2.24) is 9.80 Å². The molecule has 2 rings (SSSR count). The fourth-order valence-corrected chi connectivity index (χ4v) is 3.42. The van der Waals surface area contributed by atoms with Crippen molar-refractivity contribution in [1.29, 1.82) is 0 Å². The first-order valence-corrected chi connectivity index (χ1v) is 9.21. The van der Waals surface area contributed by atoms with Gasteiger partial charge in [-0.05, 0) is 51.0 Å². The van der Waals surface area contributed by atoms with Gasteiger partial charge >= 0.3 is 0 Å². The van der Waals surface area contributed by atoms with E-state index >= 15 is 0 Å². The molecule has 0 fully saturated rings. The molecule has 1 aromatic carbocycles. The van der Waals surface area contributed by atoms with Gasteiger partial charge in [0.05, 0.1) is 11.6 Å². The van der Waals surface area contributed by atoms with E-state index in [9.17, 15) is 14.7 Å². The highest BCUT2D eigenvalue weighted by molar-refractivity contribution is 6.09. The zero-order valence-corrected chi connectivity index (χ0v) is 16.5. The van der Waals surface area contributed by atoms with Gasteiger partial charge < -0.3 is 14.9 Å². The smallest absolute Gasteiger partial charge is 0.290 e. The van der Waals surface area contributed by atoms with Gasteiger partial charge in [-0.2, -0.15) is 0 Å². The molecular formula is C21H30N2O3. The molecule has 0 saturated heterocycles. The molecule has 1 heterocycles. The van der Waals surface area contributed by atoms with E-state index in [-0.39, 0.29) is 23.0 Å². The van der Waals surface area contributed by atoms with Crippen molar-refractivity contribution in [2.24, 2.45) is 5.92 Å². The first-order valence-electron chi connectivity index (χ1n) is 9.21. The molecule has 1 aliphatic rings. The van der Waals surface area contributed by atoms with Gasteiger partial charge in [0.1, 0.15) is 0 Å². The summed E-state index contributed by atoms with van der Waals surface area (Å²) in [5, 5.41) is 10.5. The summed E-state index contributed by atoms with van der Waals surface area (Å²) in [6.45, 7) is 7.23. The maximum Gasteiger partial charge on any atom is 0.290 e. The molecule has 1 amide bonds. The van der Waals surface area contributed by atoms with Crippen LogP contribution in [0.3, 0.4) is 0 Å². The summed E-state index contributed by atoms with van der Waals surface area (Å²) in [5.74, 6) is -0.801. The maximum absolute atomic E-state index is 12.8. The first-order chi connectivity index (χ1) is 12.2. The molecule has 26 heavy (non-hydrogen) atoms. The van der Waals surface area contributed by atoms with Crippen molar-refractivity contribution in [2.45, 2.75) is 39.7 Å². The molecule has 0 saturated carbocycles. The van der Waals surface area contributed by atoms with Gasteiger partial charge in [0.25, 0.3) is 5.91 Å². The predicted molar refractivity (Wildman–Crippen MR) is 103 cm³/mol. The Kier molecular flexibility index (Phi) is 6.59. The Balaban J connectivity index is 2.42. The van der Waals surface area contributed by atoms with Crippen molar-refractivity contribution >= 4 is 11.7 Å². The van der Waals surface area contributed by atoms with Crippen LogP contribution in [0.5, 0.6) is 0 Å². The van der Waals surface area contributed by atoms with Crippen LogP contribution < -0.4 is 0 Å². The van der Waals surface area contributed by atoms with E-state index in [2.05, 4.69) is 4.90 Å². The van der Waals surface area contributed by atoms with Crippen LogP contribution >= 0.6 is 0 Å². The van der Waals surface area contributed by atoms with Crippen LogP contribution in [-0.4, -0.2) is 53.8 Å². The molecule has 5 heteroatoms.